The van der Waals surface area contributed by atoms with E-state index in [4.69, 9.17) is 0 Å². The van der Waals surface area contributed by atoms with Crippen LogP contribution in [0.2, 0.25) is 0 Å². The van der Waals surface area contributed by atoms with Gasteiger partial charge in [-0.2, -0.15) is 4.39 Å². The zero-order chi connectivity index (χ0) is 22.6. The smallest absolute Gasteiger partial charge is 0.336 e. The van der Waals surface area contributed by atoms with Crippen molar-refractivity contribution in [2.45, 2.75) is 25.7 Å². The molecule has 0 atom stereocenters. The highest BCUT2D eigenvalue weighted by Gasteiger charge is 2.10. The van der Waals surface area contributed by atoms with Crippen LogP contribution in [0, 0.1) is 5.82 Å². The summed E-state index contributed by atoms with van der Waals surface area (Å²) in [5.74, 6) is -1.70. The highest BCUT2D eigenvalue weighted by molar-refractivity contribution is 5.95. The molecule has 2 heterocycles. The first-order valence-corrected chi connectivity index (χ1v) is 9.42. The number of hydrogen-bond donors (Lipinski definition) is 5. The maximum Gasteiger partial charge on any atom is 0.336 e. The number of aromatic nitrogens is 3. The van der Waals surface area contributed by atoms with E-state index in [-0.39, 0.29) is 6.54 Å². The minimum atomic E-state index is -1.23. The number of hydrazine groups is 1. The number of rotatable bonds is 8. The Morgan fingerprint density at radius 3 is 2.29 bits per heavy atom. The molecule has 0 radical (unpaired) electrons. The molecule has 2 aromatic heterocycles. The minimum absolute atomic E-state index is 0.251. The minimum Gasteiger partial charge on any atom is -0.337 e. The van der Waals surface area contributed by atoms with E-state index < -0.39 is 35.0 Å². The van der Waals surface area contributed by atoms with Gasteiger partial charge in [0.2, 0.25) is 5.82 Å². The van der Waals surface area contributed by atoms with E-state index in [9.17, 15) is 28.4 Å². The topological polar surface area (TPSA) is 167 Å². The maximum absolute atomic E-state index is 13.2. The van der Waals surface area contributed by atoms with Crippen molar-refractivity contribution < 1.29 is 18.8 Å². The number of hydrogen-bond acceptors (Lipinski definition) is 6. The number of nitrogens with zero attached hydrogens (tertiary/aromatic N) is 2. The van der Waals surface area contributed by atoms with E-state index in [2.05, 4.69) is 26.5 Å². The second-order valence-electron chi connectivity index (χ2n) is 6.32. The molecule has 0 unspecified atom stereocenters. The van der Waals surface area contributed by atoms with Crippen LogP contribution in [0.1, 0.15) is 36.0 Å². The summed E-state index contributed by atoms with van der Waals surface area (Å²) in [7, 11) is 0. The Bertz CT molecular complexity index is 1020. The van der Waals surface area contributed by atoms with Gasteiger partial charge in [0.1, 0.15) is 0 Å². The molecule has 0 aliphatic heterocycles. The molecular weight excluding hydrogens is 413 g/mol. The lowest BCUT2D eigenvalue weighted by Crippen LogP contribution is -2.47. The van der Waals surface area contributed by atoms with Gasteiger partial charge >= 0.3 is 17.8 Å². The third-order valence-corrected chi connectivity index (χ3v) is 4.01. The molecule has 4 amide bonds. The highest BCUT2D eigenvalue weighted by atomic mass is 19.1. The molecule has 31 heavy (non-hydrogen) atoms. The molecule has 0 saturated heterocycles. The number of carbonyl (C=O) groups excluding carboxylic acids is 3. The number of aromatic amines is 1. The Balaban J connectivity index is 1.52. The second-order valence-corrected chi connectivity index (χ2v) is 6.32. The summed E-state index contributed by atoms with van der Waals surface area (Å²) in [6.07, 6.45) is 6.22. The number of carbonyl (C=O) groups is 3. The van der Waals surface area contributed by atoms with Gasteiger partial charge < -0.3 is 10.6 Å². The van der Waals surface area contributed by atoms with Gasteiger partial charge in [-0.25, -0.2) is 24.4 Å². The van der Waals surface area contributed by atoms with Gasteiger partial charge in [-0.05, 0) is 25.0 Å². The Labute approximate surface area is 175 Å². The van der Waals surface area contributed by atoms with E-state index in [0.717, 1.165) is 12.8 Å². The number of halogens is 1. The lowest BCUT2D eigenvalue weighted by Gasteiger charge is -2.09. The van der Waals surface area contributed by atoms with E-state index in [1.807, 2.05) is 0 Å². The Kier molecular flexibility index (Phi) is 8.89. The van der Waals surface area contributed by atoms with Crippen LogP contribution in [0.5, 0.6) is 0 Å². The number of pyridine rings is 1. The average molecular weight is 435 g/mol. The summed E-state index contributed by atoms with van der Waals surface area (Å²) >= 11 is 0. The van der Waals surface area contributed by atoms with Gasteiger partial charge in [0.25, 0.3) is 11.5 Å². The average Bonchev–Trinajstić information content (AvgIpc) is 2.76. The normalized spacial score (nSPS) is 10.2. The van der Waals surface area contributed by atoms with Gasteiger partial charge in [-0.1, -0.05) is 12.8 Å². The second kappa shape index (κ2) is 11.8. The molecule has 166 valence electrons. The monoisotopic (exact) mass is 435 g/mol. The van der Waals surface area contributed by atoms with Crippen LogP contribution in [0.15, 0.2) is 40.3 Å². The lowest BCUT2D eigenvalue weighted by molar-refractivity contribution is 0.0936. The number of urea groups is 1. The summed E-state index contributed by atoms with van der Waals surface area (Å²) in [6.45, 7) is 0.635. The molecule has 0 aromatic carbocycles. The van der Waals surface area contributed by atoms with Crippen molar-refractivity contribution in [1.29, 1.82) is 0 Å². The van der Waals surface area contributed by atoms with E-state index in [0.29, 0.717) is 35.7 Å². The van der Waals surface area contributed by atoms with Crippen LogP contribution < -0.4 is 32.7 Å². The standard InChI is InChI=1S/C18H22FN7O5/c19-13-11-26(18(31)23-15(13)28)17(30)22-8-4-2-1-3-7-21-16(29)25-24-14(27)12-5-9-20-10-6-12/h5-6,9-11H,1-4,7-8H2,(H,22,30)(H,24,27)(H2,21,25,29)(H,23,28,31). The molecule has 0 aliphatic carbocycles. The zero-order valence-corrected chi connectivity index (χ0v) is 16.4. The van der Waals surface area contributed by atoms with Crippen LogP contribution in [-0.2, 0) is 0 Å². The van der Waals surface area contributed by atoms with Crippen molar-refractivity contribution in [3.63, 3.8) is 0 Å². The van der Waals surface area contributed by atoms with E-state index in [1.54, 1.807) is 4.98 Å². The lowest BCUT2D eigenvalue weighted by atomic mass is 10.2. The number of unbranched alkanes of at least 4 members (excludes halogenated alkanes) is 3. The maximum atomic E-state index is 13.2. The van der Waals surface area contributed by atoms with E-state index >= 15 is 0 Å². The first-order chi connectivity index (χ1) is 14.9. The highest BCUT2D eigenvalue weighted by Crippen LogP contribution is 1.98. The molecule has 0 saturated carbocycles. The summed E-state index contributed by atoms with van der Waals surface area (Å²) < 4.78 is 13.6. The molecule has 0 fully saturated rings. The van der Waals surface area contributed by atoms with Crippen molar-refractivity contribution in [2.75, 3.05) is 13.1 Å². The first kappa shape index (κ1) is 23.3. The zero-order valence-electron chi connectivity index (χ0n) is 16.4. The van der Waals surface area contributed by atoms with Crippen LogP contribution >= 0.6 is 0 Å². The third-order valence-electron chi connectivity index (χ3n) is 4.01. The predicted octanol–water partition coefficient (Wildman–Crippen LogP) is -0.167. The van der Waals surface area contributed by atoms with Gasteiger partial charge in [0, 0.05) is 31.0 Å². The van der Waals surface area contributed by atoms with Crippen molar-refractivity contribution in [3.05, 3.63) is 62.9 Å². The fourth-order valence-corrected chi connectivity index (χ4v) is 2.42. The van der Waals surface area contributed by atoms with Crippen molar-refractivity contribution in [1.82, 2.24) is 36.0 Å². The van der Waals surface area contributed by atoms with Crippen molar-refractivity contribution in [2.24, 2.45) is 0 Å². The summed E-state index contributed by atoms with van der Waals surface area (Å²) in [5.41, 5.74) is 2.65. The van der Waals surface area contributed by atoms with Crippen LogP contribution in [-0.4, -0.2) is 45.6 Å². The molecule has 0 spiro atoms. The molecule has 2 aromatic rings. The Hall–Kier alpha value is -4.03. The van der Waals surface area contributed by atoms with Gasteiger partial charge in [0.05, 0.1) is 6.20 Å². The van der Waals surface area contributed by atoms with Crippen LogP contribution in [0.25, 0.3) is 0 Å². The summed E-state index contributed by atoms with van der Waals surface area (Å²) in [4.78, 5) is 63.1. The number of H-pyrrole nitrogens is 1. The SMILES string of the molecule is O=C(NCCCCCCNC(=O)n1cc(F)c(=O)[nH]c1=O)NNC(=O)c1ccncc1. The first-order valence-electron chi connectivity index (χ1n) is 9.42. The third kappa shape index (κ3) is 7.72. The molecule has 12 nitrogen and oxygen atoms in total. The summed E-state index contributed by atoms with van der Waals surface area (Å²) in [5, 5.41) is 5.03. The van der Waals surface area contributed by atoms with Gasteiger partial charge in [-0.3, -0.25) is 25.0 Å². The predicted molar refractivity (Wildman–Crippen MR) is 107 cm³/mol. The fourth-order valence-electron chi connectivity index (χ4n) is 2.42. The number of nitrogens with one attached hydrogen (secondary N) is 5. The van der Waals surface area contributed by atoms with Gasteiger partial charge in [-0.15, -0.1) is 0 Å². The fraction of sp³-hybridized carbons (Fsp3) is 0.333. The van der Waals surface area contributed by atoms with Crippen LogP contribution in [0.4, 0.5) is 14.0 Å². The molecule has 0 bridgehead atoms. The summed E-state index contributed by atoms with van der Waals surface area (Å²) in [6, 6.07) is 1.63. The van der Waals surface area contributed by atoms with Gasteiger partial charge in [0.15, 0.2) is 0 Å². The number of amides is 4. The quantitative estimate of drug-likeness (QED) is 0.285. The molecule has 2 rings (SSSR count). The molecule has 13 heteroatoms. The molecule has 5 N–H and O–H groups in total. The Morgan fingerprint density at radius 2 is 1.61 bits per heavy atom. The van der Waals surface area contributed by atoms with E-state index in [1.165, 1.54) is 24.5 Å². The van der Waals surface area contributed by atoms with Crippen LogP contribution in [0.3, 0.4) is 0 Å². The molecular formula is C18H22FN7O5. The Morgan fingerprint density at radius 1 is 0.968 bits per heavy atom. The largest absolute Gasteiger partial charge is 0.337 e. The molecule has 0 aliphatic rings. The van der Waals surface area contributed by atoms with Crippen molar-refractivity contribution in [3.8, 4) is 0 Å². The van der Waals surface area contributed by atoms with Crippen molar-refractivity contribution >= 4 is 18.0 Å².